The highest BCUT2D eigenvalue weighted by atomic mass is 31.1. The molecule has 0 heterocycles. The Morgan fingerprint density at radius 3 is 1.27 bits per heavy atom. The molecule has 0 saturated heterocycles. The van der Waals surface area contributed by atoms with Crippen LogP contribution in [0.5, 0.6) is 11.5 Å². The van der Waals surface area contributed by atoms with Gasteiger partial charge in [-0.25, -0.2) is 4.57 Å². The Balaban J connectivity index is 2.00. The maximum Gasteiger partial charge on any atom is 0.418 e. The molecule has 0 aliphatic carbocycles. The van der Waals surface area contributed by atoms with Crippen molar-refractivity contribution in [2.45, 2.75) is 90.9 Å². The van der Waals surface area contributed by atoms with E-state index in [1.54, 1.807) is 0 Å². The smallest absolute Gasteiger partial charge is 0.418 e. The van der Waals surface area contributed by atoms with Crippen LogP contribution in [0.25, 0.3) is 0 Å². The summed E-state index contributed by atoms with van der Waals surface area (Å²) in [5.74, 6) is 1.16. The molecule has 0 aliphatic heterocycles. The minimum absolute atomic E-state index is 0.168. The summed E-state index contributed by atoms with van der Waals surface area (Å²) in [6, 6.07) is 15.9. The van der Waals surface area contributed by atoms with Crippen molar-refractivity contribution in [2.24, 2.45) is 0 Å². The van der Waals surface area contributed by atoms with E-state index in [-0.39, 0.29) is 10.8 Å². The van der Waals surface area contributed by atoms with Gasteiger partial charge in [0.15, 0.2) is 0 Å². The Labute approximate surface area is 184 Å². The summed E-state index contributed by atoms with van der Waals surface area (Å²) in [5, 5.41) is 0. The van der Waals surface area contributed by atoms with E-state index < -0.39 is 8.25 Å². The number of hydrogen-bond acceptors (Lipinski definition) is 3. The second-order valence-corrected chi connectivity index (χ2v) is 9.74. The molecule has 166 valence electrons. The lowest BCUT2D eigenvalue weighted by Crippen LogP contribution is -2.20. The number of hydrogen-bond donors (Lipinski definition) is 0. The molecular formula is C26H39O3P. The Morgan fingerprint density at radius 2 is 1.00 bits per heavy atom. The molecule has 0 spiro atoms. The highest BCUT2D eigenvalue weighted by molar-refractivity contribution is 7.34. The Hall–Kier alpha value is -1.73. The zero-order chi connectivity index (χ0) is 22.2. The monoisotopic (exact) mass is 430 g/mol. The summed E-state index contributed by atoms with van der Waals surface area (Å²) >= 11 is 0. The van der Waals surface area contributed by atoms with Gasteiger partial charge in [-0.15, -0.1) is 0 Å². The fourth-order valence-corrected chi connectivity index (χ4v) is 4.92. The van der Waals surface area contributed by atoms with Crippen LogP contribution in [0.3, 0.4) is 0 Å². The molecule has 0 aliphatic rings. The predicted octanol–water partition coefficient (Wildman–Crippen LogP) is 8.47. The highest BCUT2D eigenvalue weighted by Crippen LogP contribution is 2.37. The SMILES string of the molecule is CCCC(C)(CC)c1ccc(O[PH](=O)Oc2ccc(C(C)(CC)CCC)cc2)cc1. The van der Waals surface area contributed by atoms with Gasteiger partial charge in [0.25, 0.3) is 0 Å². The van der Waals surface area contributed by atoms with Crippen LogP contribution < -0.4 is 9.05 Å². The lowest BCUT2D eigenvalue weighted by molar-refractivity contribution is 0.407. The summed E-state index contributed by atoms with van der Waals surface area (Å²) < 4.78 is 23.5. The maximum atomic E-state index is 12.4. The number of benzene rings is 2. The largest absolute Gasteiger partial charge is 0.418 e. The second-order valence-electron chi connectivity index (χ2n) is 8.83. The summed E-state index contributed by atoms with van der Waals surface area (Å²) in [4.78, 5) is 0. The van der Waals surface area contributed by atoms with Crippen LogP contribution in [-0.2, 0) is 15.4 Å². The molecule has 4 heteroatoms. The van der Waals surface area contributed by atoms with Gasteiger partial charge in [-0.2, -0.15) is 0 Å². The van der Waals surface area contributed by atoms with Crippen LogP contribution in [0.1, 0.15) is 91.2 Å². The van der Waals surface area contributed by atoms with Crippen molar-refractivity contribution in [3.05, 3.63) is 59.7 Å². The molecule has 2 aromatic carbocycles. The third kappa shape index (κ3) is 6.14. The van der Waals surface area contributed by atoms with Crippen LogP contribution in [0.4, 0.5) is 0 Å². The van der Waals surface area contributed by atoms with Gasteiger partial charge in [-0.05, 0) is 71.9 Å². The molecule has 2 unspecified atom stereocenters. The zero-order valence-electron chi connectivity index (χ0n) is 19.6. The van der Waals surface area contributed by atoms with E-state index in [0.29, 0.717) is 11.5 Å². The van der Waals surface area contributed by atoms with E-state index in [1.807, 2.05) is 24.3 Å². The lowest BCUT2D eigenvalue weighted by Gasteiger charge is -2.28. The van der Waals surface area contributed by atoms with E-state index in [4.69, 9.17) is 9.05 Å². The van der Waals surface area contributed by atoms with Crippen molar-refractivity contribution >= 4 is 8.25 Å². The quantitative estimate of drug-likeness (QED) is 0.317. The first kappa shape index (κ1) is 24.5. The van der Waals surface area contributed by atoms with Crippen molar-refractivity contribution in [1.82, 2.24) is 0 Å². The third-order valence-corrected chi connectivity index (χ3v) is 7.47. The Bertz CT molecular complexity index is 733. The minimum Gasteiger partial charge on any atom is -0.418 e. The number of rotatable bonds is 12. The predicted molar refractivity (Wildman–Crippen MR) is 128 cm³/mol. The molecule has 0 aromatic heterocycles. The summed E-state index contributed by atoms with van der Waals surface area (Å²) in [7, 11) is -2.67. The van der Waals surface area contributed by atoms with Gasteiger partial charge in [0, 0.05) is 0 Å². The van der Waals surface area contributed by atoms with Crippen LogP contribution in [0.15, 0.2) is 48.5 Å². The molecule has 2 aromatic rings. The first-order valence-corrected chi connectivity index (χ1v) is 12.6. The molecule has 30 heavy (non-hydrogen) atoms. The Kier molecular flexibility index (Phi) is 9.04. The third-order valence-electron chi connectivity index (χ3n) is 6.67. The Morgan fingerprint density at radius 1 is 0.667 bits per heavy atom. The van der Waals surface area contributed by atoms with Crippen molar-refractivity contribution in [2.75, 3.05) is 0 Å². The van der Waals surface area contributed by atoms with E-state index in [1.165, 1.54) is 11.1 Å². The lowest BCUT2D eigenvalue weighted by atomic mass is 9.76. The first-order chi connectivity index (χ1) is 14.3. The zero-order valence-corrected chi connectivity index (χ0v) is 20.6. The van der Waals surface area contributed by atoms with Crippen molar-refractivity contribution in [3.8, 4) is 11.5 Å². The van der Waals surface area contributed by atoms with Crippen LogP contribution in [-0.4, -0.2) is 0 Å². The topological polar surface area (TPSA) is 35.5 Å². The molecular weight excluding hydrogens is 391 g/mol. The molecule has 0 fully saturated rings. The molecule has 0 saturated carbocycles. The second kappa shape index (κ2) is 11.0. The molecule has 0 radical (unpaired) electrons. The molecule has 2 atom stereocenters. The van der Waals surface area contributed by atoms with Gasteiger partial charge < -0.3 is 9.05 Å². The van der Waals surface area contributed by atoms with Crippen molar-refractivity contribution < 1.29 is 13.6 Å². The molecule has 3 nitrogen and oxygen atoms in total. The standard InChI is InChI=1S/C26H39O3P/c1-7-19-25(5,9-3)21-11-15-23(16-12-21)28-30(27)29-24-17-13-22(14-18-24)26(6,10-4)20-8-2/h11-18,30H,7-10,19-20H2,1-6H3. The van der Waals surface area contributed by atoms with Gasteiger partial charge in [0.05, 0.1) is 0 Å². The summed E-state index contributed by atoms with van der Waals surface area (Å²) in [6.07, 6.45) is 6.78. The fourth-order valence-electron chi connectivity index (χ4n) is 4.22. The van der Waals surface area contributed by atoms with Gasteiger partial charge in [0.2, 0.25) is 0 Å². The fraction of sp³-hybridized carbons (Fsp3) is 0.538. The minimum atomic E-state index is -2.67. The highest BCUT2D eigenvalue weighted by Gasteiger charge is 2.24. The molecule has 0 bridgehead atoms. The van der Waals surface area contributed by atoms with Crippen molar-refractivity contribution in [1.29, 1.82) is 0 Å². The van der Waals surface area contributed by atoms with Gasteiger partial charge in [-0.3, -0.25) is 0 Å². The van der Waals surface area contributed by atoms with Gasteiger partial charge in [-0.1, -0.05) is 78.6 Å². The van der Waals surface area contributed by atoms with E-state index in [9.17, 15) is 4.57 Å². The van der Waals surface area contributed by atoms with Gasteiger partial charge in [0.1, 0.15) is 11.5 Å². The molecule has 2 rings (SSSR count). The van der Waals surface area contributed by atoms with Crippen molar-refractivity contribution in [3.63, 3.8) is 0 Å². The van der Waals surface area contributed by atoms with E-state index >= 15 is 0 Å². The molecule has 0 N–H and O–H groups in total. The summed E-state index contributed by atoms with van der Waals surface area (Å²) in [6.45, 7) is 13.5. The first-order valence-electron chi connectivity index (χ1n) is 11.4. The maximum absolute atomic E-state index is 12.4. The van der Waals surface area contributed by atoms with E-state index in [2.05, 4.69) is 65.8 Å². The molecule has 0 amide bonds. The van der Waals surface area contributed by atoms with E-state index in [0.717, 1.165) is 38.5 Å². The summed E-state index contributed by atoms with van der Waals surface area (Å²) in [5.41, 5.74) is 2.92. The van der Waals surface area contributed by atoms with Gasteiger partial charge >= 0.3 is 8.25 Å². The normalized spacial score (nSPS) is 16.3. The van der Waals surface area contributed by atoms with Crippen LogP contribution in [0.2, 0.25) is 0 Å². The average Bonchev–Trinajstić information content (AvgIpc) is 2.74. The van der Waals surface area contributed by atoms with Crippen LogP contribution in [0, 0.1) is 0 Å². The van der Waals surface area contributed by atoms with Crippen LogP contribution >= 0.6 is 8.25 Å². The average molecular weight is 431 g/mol.